The molecule has 0 bridgehead atoms. The van der Waals surface area contributed by atoms with Gasteiger partial charge in [0.2, 0.25) is 11.8 Å². The number of halogens is 1. The number of amides is 4. The molecule has 1 aliphatic rings. The number of carbonyl (C=O) groups is 3. The molecular formula is C13H13IN2O3. The van der Waals surface area contributed by atoms with E-state index in [1.165, 1.54) is 0 Å². The minimum Gasteiger partial charge on any atom is -0.277 e. The van der Waals surface area contributed by atoms with Crippen LogP contribution in [0, 0.1) is 15.4 Å². The van der Waals surface area contributed by atoms with E-state index in [2.05, 4.69) is 27.9 Å². The Balaban J connectivity index is 2.45. The molecule has 1 N–H and O–H groups in total. The number of para-hydroxylation sites is 1. The van der Waals surface area contributed by atoms with Gasteiger partial charge in [-0.1, -0.05) is 26.0 Å². The third kappa shape index (κ3) is 2.49. The lowest BCUT2D eigenvalue weighted by Gasteiger charge is -2.32. The zero-order valence-electron chi connectivity index (χ0n) is 10.5. The van der Waals surface area contributed by atoms with Crippen molar-refractivity contribution in [2.75, 3.05) is 4.90 Å². The van der Waals surface area contributed by atoms with Crippen molar-refractivity contribution in [3.05, 3.63) is 27.8 Å². The predicted octanol–water partition coefficient (Wildman–Crippen LogP) is 2.15. The molecule has 0 aromatic heterocycles. The Morgan fingerprint density at radius 3 is 2.42 bits per heavy atom. The quantitative estimate of drug-likeness (QED) is 0.639. The van der Waals surface area contributed by atoms with Gasteiger partial charge in [0, 0.05) is 3.57 Å². The van der Waals surface area contributed by atoms with Crippen molar-refractivity contribution in [2.24, 2.45) is 11.8 Å². The Bertz CT molecular complexity index is 557. The molecule has 0 spiro atoms. The fraction of sp³-hybridized carbons (Fsp3) is 0.308. The lowest BCUT2D eigenvalue weighted by Crippen LogP contribution is -2.59. The molecular weight excluding hydrogens is 359 g/mol. The van der Waals surface area contributed by atoms with Gasteiger partial charge in [-0.15, -0.1) is 0 Å². The maximum Gasteiger partial charge on any atom is 0.335 e. The molecule has 5 nitrogen and oxygen atoms in total. The van der Waals surface area contributed by atoms with Gasteiger partial charge in [0.15, 0.2) is 0 Å². The summed E-state index contributed by atoms with van der Waals surface area (Å²) in [4.78, 5) is 37.1. The summed E-state index contributed by atoms with van der Waals surface area (Å²) in [5, 5.41) is 2.24. The van der Waals surface area contributed by atoms with E-state index in [9.17, 15) is 14.4 Å². The highest BCUT2D eigenvalue weighted by molar-refractivity contribution is 14.1. The van der Waals surface area contributed by atoms with Crippen molar-refractivity contribution < 1.29 is 14.4 Å². The van der Waals surface area contributed by atoms with E-state index < -0.39 is 23.8 Å². The minimum absolute atomic E-state index is 0.163. The van der Waals surface area contributed by atoms with Gasteiger partial charge in [-0.3, -0.25) is 14.9 Å². The molecule has 2 rings (SSSR count). The van der Waals surface area contributed by atoms with Crippen LogP contribution < -0.4 is 10.2 Å². The highest BCUT2D eigenvalue weighted by Crippen LogP contribution is 2.28. The fourth-order valence-electron chi connectivity index (χ4n) is 2.04. The number of carbonyl (C=O) groups excluding carboxylic acids is 3. The largest absolute Gasteiger partial charge is 0.335 e. The molecule has 100 valence electrons. The lowest BCUT2D eigenvalue weighted by atomic mass is 9.92. The van der Waals surface area contributed by atoms with Crippen LogP contribution in [0.25, 0.3) is 0 Å². The van der Waals surface area contributed by atoms with Crippen molar-refractivity contribution in [3.8, 4) is 0 Å². The number of benzene rings is 1. The number of rotatable bonds is 2. The second-order valence-corrected chi connectivity index (χ2v) is 5.80. The van der Waals surface area contributed by atoms with Gasteiger partial charge in [0.25, 0.3) is 0 Å². The number of imide groups is 2. The third-order valence-electron chi connectivity index (χ3n) is 2.96. The molecule has 0 radical (unpaired) electrons. The highest BCUT2D eigenvalue weighted by Gasteiger charge is 2.43. The lowest BCUT2D eigenvalue weighted by molar-refractivity contribution is -0.136. The molecule has 1 unspecified atom stereocenters. The monoisotopic (exact) mass is 372 g/mol. The second kappa shape index (κ2) is 5.28. The number of barbiturate groups is 1. The summed E-state index contributed by atoms with van der Waals surface area (Å²) in [6.45, 7) is 3.57. The van der Waals surface area contributed by atoms with Gasteiger partial charge in [-0.25, -0.2) is 9.69 Å². The van der Waals surface area contributed by atoms with Gasteiger partial charge in [0.1, 0.15) is 5.92 Å². The summed E-state index contributed by atoms with van der Waals surface area (Å²) in [6, 6.07) is 6.38. The second-order valence-electron chi connectivity index (χ2n) is 4.64. The number of nitrogens with zero attached hydrogens (tertiary/aromatic N) is 1. The minimum atomic E-state index is -0.825. The molecule has 0 saturated carbocycles. The van der Waals surface area contributed by atoms with Crippen LogP contribution in [0.15, 0.2) is 24.3 Å². The maximum absolute atomic E-state index is 12.4. The Hall–Kier alpha value is -1.44. The molecule has 19 heavy (non-hydrogen) atoms. The van der Waals surface area contributed by atoms with E-state index >= 15 is 0 Å². The van der Waals surface area contributed by atoms with E-state index in [-0.39, 0.29) is 5.92 Å². The normalized spacial score (nSPS) is 19.9. The summed E-state index contributed by atoms with van der Waals surface area (Å²) < 4.78 is 0.778. The van der Waals surface area contributed by atoms with Crippen molar-refractivity contribution in [1.29, 1.82) is 0 Å². The molecule has 4 amide bonds. The van der Waals surface area contributed by atoms with Gasteiger partial charge in [-0.2, -0.15) is 0 Å². The Kier molecular flexibility index (Phi) is 3.88. The van der Waals surface area contributed by atoms with Crippen molar-refractivity contribution in [3.63, 3.8) is 0 Å². The van der Waals surface area contributed by atoms with Crippen molar-refractivity contribution in [2.45, 2.75) is 13.8 Å². The van der Waals surface area contributed by atoms with Gasteiger partial charge >= 0.3 is 6.03 Å². The summed E-state index contributed by atoms with van der Waals surface area (Å²) >= 11 is 2.05. The zero-order chi connectivity index (χ0) is 14.2. The predicted molar refractivity (Wildman–Crippen MR) is 78.5 cm³/mol. The third-order valence-corrected chi connectivity index (χ3v) is 3.87. The Labute approximate surface area is 124 Å². The van der Waals surface area contributed by atoms with E-state index in [1.54, 1.807) is 32.0 Å². The summed E-state index contributed by atoms with van der Waals surface area (Å²) in [5.74, 6) is -1.97. The number of hydrogen-bond donors (Lipinski definition) is 1. The average molecular weight is 372 g/mol. The summed E-state index contributed by atoms with van der Waals surface area (Å²) in [7, 11) is 0. The van der Waals surface area contributed by atoms with Crippen LogP contribution >= 0.6 is 22.6 Å². The van der Waals surface area contributed by atoms with E-state index in [4.69, 9.17) is 0 Å². The van der Waals surface area contributed by atoms with Gasteiger partial charge < -0.3 is 0 Å². The van der Waals surface area contributed by atoms with E-state index in [0.29, 0.717) is 5.69 Å². The highest BCUT2D eigenvalue weighted by atomic mass is 127. The molecule has 1 aromatic carbocycles. The fourth-order valence-corrected chi connectivity index (χ4v) is 2.67. The first-order chi connectivity index (χ1) is 8.93. The van der Waals surface area contributed by atoms with Crippen LogP contribution in [0.5, 0.6) is 0 Å². The van der Waals surface area contributed by atoms with E-state index in [1.807, 2.05) is 6.07 Å². The van der Waals surface area contributed by atoms with Crippen molar-refractivity contribution in [1.82, 2.24) is 5.32 Å². The van der Waals surface area contributed by atoms with Crippen LogP contribution in [0.1, 0.15) is 13.8 Å². The van der Waals surface area contributed by atoms with Crippen LogP contribution in [0.2, 0.25) is 0 Å². The number of hydrogen-bond acceptors (Lipinski definition) is 3. The first kappa shape index (κ1) is 14.0. The average Bonchev–Trinajstić information content (AvgIpc) is 2.30. The first-order valence-corrected chi connectivity index (χ1v) is 6.94. The van der Waals surface area contributed by atoms with E-state index in [0.717, 1.165) is 8.47 Å². The standard InChI is InChI=1S/C13H13IN2O3/c1-7(2)10-11(17)15-13(19)16(12(10)18)9-6-4-3-5-8(9)14/h3-7,10H,1-2H3,(H,15,17,19). The van der Waals surface area contributed by atoms with Crippen molar-refractivity contribution >= 4 is 46.1 Å². The van der Waals surface area contributed by atoms with Crippen LogP contribution in [0.4, 0.5) is 10.5 Å². The Morgan fingerprint density at radius 1 is 1.21 bits per heavy atom. The first-order valence-electron chi connectivity index (χ1n) is 5.86. The summed E-state index contributed by atoms with van der Waals surface area (Å²) in [5.41, 5.74) is 0.503. The zero-order valence-corrected chi connectivity index (χ0v) is 12.7. The summed E-state index contributed by atoms with van der Waals surface area (Å²) in [6.07, 6.45) is 0. The smallest absolute Gasteiger partial charge is 0.277 e. The Morgan fingerprint density at radius 2 is 1.84 bits per heavy atom. The maximum atomic E-state index is 12.4. The molecule has 1 aliphatic heterocycles. The van der Waals surface area contributed by atoms with Gasteiger partial charge in [-0.05, 0) is 40.6 Å². The van der Waals surface area contributed by atoms with Crippen LogP contribution in [-0.4, -0.2) is 17.8 Å². The van der Waals surface area contributed by atoms with Gasteiger partial charge in [0.05, 0.1) is 5.69 Å². The SMILES string of the molecule is CC(C)C1C(=O)NC(=O)N(c2ccccc2I)C1=O. The van der Waals surface area contributed by atoms with Crippen LogP contribution in [-0.2, 0) is 9.59 Å². The molecule has 6 heteroatoms. The number of urea groups is 1. The molecule has 1 heterocycles. The van der Waals surface area contributed by atoms with Crippen LogP contribution in [0.3, 0.4) is 0 Å². The number of anilines is 1. The topological polar surface area (TPSA) is 66.5 Å². The molecule has 0 aliphatic carbocycles. The number of nitrogens with one attached hydrogen (secondary N) is 1. The molecule has 1 saturated heterocycles. The molecule has 1 aromatic rings. The molecule has 1 atom stereocenters. The molecule has 1 fully saturated rings.